The zero-order chi connectivity index (χ0) is 15.9. The van der Waals surface area contributed by atoms with Crippen molar-refractivity contribution < 1.29 is 4.79 Å². The van der Waals surface area contributed by atoms with Crippen LogP contribution >= 0.6 is 0 Å². The minimum absolute atomic E-state index is 0.194. The second-order valence-electron chi connectivity index (χ2n) is 6.54. The Morgan fingerprint density at radius 1 is 1.13 bits per heavy atom. The molecule has 1 fully saturated rings. The highest BCUT2D eigenvalue weighted by molar-refractivity contribution is 5.76. The Morgan fingerprint density at radius 2 is 1.87 bits per heavy atom. The normalized spacial score (nSPS) is 15.5. The van der Waals surface area contributed by atoms with E-state index in [-0.39, 0.29) is 5.91 Å². The summed E-state index contributed by atoms with van der Waals surface area (Å²) in [4.78, 5) is 16.1. The fourth-order valence-corrected chi connectivity index (χ4v) is 3.28. The Balaban J connectivity index is 1.43. The van der Waals surface area contributed by atoms with Gasteiger partial charge >= 0.3 is 0 Å². The fourth-order valence-electron chi connectivity index (χ4n) is 3.28. The van der Waals surface area contributed by atoms with Gasteiger partial charge in [0.25, 0.3) is 0 Å². The van der Waals surface area contributed by atoms with Crippen molar-refractivity contribution in [2.24, 2.45) is 5.92 Å². The number of aromatic nitrogens is 2. The van der Waals surface area contributed by atoms with Crippen LogP contribution in [0.1, 0.15) is 49.7 Å². The summed E-state index contributed by atoms with van der Waals surface area (Å²) in [5.41, 5.74) is 2.39. The molecule has 0 radical (unpaired) electrons. The summed E-state index contributed by atoms with van der Waals surface area (Å²) < 4.78 is 2.04. The van der Waals surface area contributed by atoms with E-state index < -0.39 is 0 Å². The van der Waals surface area contributed by atoms with E-state index in [1.165, 1.54) is 37.7 Å². The molecule has 0 unspecified atom stereocenters. The van der Waals surface area contributed by atoms with Crippen molar-refractivity contribution in [3.63, 3.8) is 0 Å². The van der Waals surface area contributed by atoms with Gasteiger partial charge in [-0.2, -0.15) is 0 Å². The number of hydrogen-bond donors (Lipinski definition) is 1. The Bertz CT molecular complexity index is 598. The van der Waals surface area contributed by atoms with Crippen LogP contribution in [0.5, 0.6) is 0 Å². The average Bonchev–Trinajstić information content (AvgIpc) is 3.08. The molecule has 2 aromatic rings. The van der Waals surface area contributed by atoms with Gasteiger partial charge < -0.3 is 9.88 Å². The van der Waals surface area contributed by atoms with E-state index in [2.05, 4.69) is 34.6 Å². The van der Waals surface area contributed by atoms with Crippen molar-refractivity contribution in [3.8, 4) is 0 Å². The first-order valence-corrected chi connectivity index (χ1v) is 8.60. The molecular formula is C19H25N3O. The molecule has 0 aliphatic heterocycles. The summed E-state index contributed by atoms with van der Waals surface area (Å²) in [5.74, 6) is 0.792. The molecule has 1 aromatic heterocycles. The maximum Gasteiger partial charge on any atom is 0.220 e. The van der Waals surface area contributed by atoms with Gasteiger partial charge in [-0.3, -0.25) is 4.79 Å². The smallest absolute Gasteiger partial charge is 0.220 e. The van der Waals surface area contributed by atoms with E-state index in [4.69, 9.17) is 0 Å². The molecule has 1 amide bonds. The van der Waals surface area contributed by atoms with Crippen molar-refractivity contribution >= 4 is 5.91 Å². The molecule has 0 bridgehead atoms. The summed E-state index contributed by atoms with van der Waals surface area (Å²) in [5, 5.41) is 3.06. The van der Waals surface area contributed by atoms with Gasteiger partial charge in [0.05, 0.1) is 6.33 Å². The van der Waals surface area contributed by atoms with E-state index >= 15 is 0 Å². The third-order valence-electron chi connectivity index (χ3n) is 4.64. The lowest BCUT2D eigenvalue weighted by molar-refractivity contribution is -0.122. The van der Waals surface area contributed by atoms with E-state index in [9.17, 15) is 4.79 Å². The molecule has 1 N–H and O–H groups in total. The van der Waals surface area contributed by atoms with Crippen molar-refractivity contribution in [2.75, 3.05) is 0 Å². The van der Waals surface area contributed by atoms with Crippen LogP contribution in [0.4, 0.5) is 0 Å². The van der Waals surface area contributed by atoms with Crippen molar-refractivity contribution in [1.29, 1.82) is 0 Å². The lowest BCUT2D eigenvalue weighted by Crippen LogP contribution is -2.25. The van der Waals surface area contributed by atoms with Crippen LogP contribution in [0.25, 0.3) is 0 Å². The molecule has 1 heterocycles. The van der Waals surface area contributed by atoms with Gasteiger partial charge in [0, 0.05) is 31.9 Å². The molecule has 23 heavy (non-hydrogen) atoms. The number of rotatable bonds is 6. The van der Waals surface area contributed by atoms with Gasteiger partial charge in [0.15, 0.2) is 0 Å². The summed E-state index contributed by atoms with van der Waals surface area (Å²) in [7, 11) is 0. The van der Waals surface area contributed by atoms with Gasteiger partial charge in [-0.1, -0.05) is 43.5 Å². The molecule has 4 nitrogen and oxygen atoms in total. The SMILES string of the molecule is O=C(CC1CCCCC1)NCc1ccc(Cn2ccnc2)cc1. The molecule has 0 saturated heterocycles. The molecular weight excluding hydrogens is 286 g/mol. The van der Waals surface area contributed by atoms with Crippen LogP contribution in [-0.4, -0.2) is 15.5 Å². The molecule has 1 aromatic carbocycles. The topological polar surface area (TPSA) is 46.9 Å². The zero-order valence-corrected chi connectivity index (χ0v) is 13.6. The molecule has 3 rings (SSSR count). The quantitative estimate of drug-likeness (QED) is 0.887. The minimum atomic E-state index is 0.194. The number of benzene rings is 1. The summed E-state index contributed by atoms with van der Waals surface area (Å²) in [6.45, 7) is 1.45. The van der Waals surface area contributed by atoms with Crippen molar-refractivity contribution in [2.45, 2.75) is 51.6 Å². The van der Waals surface area contributed by atoms with Crippen LogP contribution < -0.4 is 5.32 Å². The van der Waals surface area contributed by atoms with Crippen molar-refractivity contribution in [3.05, 3.63) is 54.1 Å². The molecule has 1 aliphatic rings. The minimum Gasteiger partial charge on any atom is -0.352 e. The van der Waals surface area contributed by atoms with Gasteiger partial charge in [0.2, 0.25) is 5.91 Å². The first-order valence-electron chi connectivity index (χ1n) is 8.60. The third kappa shape index (κ3) is 4.95. The molecule has 0 spiro atoms. The first-order chi connectivity index (χ1) is 11.3. The number of nitrogens with one attached hydrogen (secondary N) is 1. The monoisotopic (exact) mass is 311 g/mol. The fraction of sp³-hybridized carbons (Fsp3) is 0.474. The lowest BCUT2D eigenvalue weighted by Gasteiger charge is -2.20. The van der Waals surface area contributed by atoms with Gasteiger partial charge in [-0.05, 0) is 29.9 Å². The van der Waals surface area contributed by atoms with Gasteiger partial charge in [0.1, 0.15) is 0 Å². The molecule has 1 saturated carbocycles. The maximum atomic E-state index is 12.0. The van der Waals surface area contributed by atoms with Gasteiger partial charge in [-0.25, -0.2) is 4.98 Å². The predicted molar refractivity (Wildman–Crippen MR) is 90.8 cm³/mol. The number of carbonyl (C=O) groups excluding carboxylic acids is 1. The average molecular weight is 311 g/mol. The molecule has 1 aliphatic carbocycles. The lowest BCUT2D eigenvalue weighted by atomic mass is 9.87. The highest BCUT2D eigenvalue weighted by Crippen LogP contribution is 2.26. The van der Waals surface area contributed by atoms with Crippen LogP contribution in [-0.2, 0) is 17.9 Å². The Kier molecular flexibility index (Phi) is 5.46. The van der Waals surface area contributed by atoms with Crippen LogP contribution in [0.2, 0.25) is 0 Å². The Morgan fingerprint density at radius 3 is 2.57 bits per heavy atom. The van der Waals surface area contributed by atoms with Crippen LogP contribution in [0, 0.1) is 5.92 Å². The zero-order valence-electron chi connectivity index (χ0n) is 13.6. The number of amides is 1. The maximum absolute atomic E-state index is 12.0. The van der Waals surface area contributed by atoms with E-state index in [1.807, 2.05) is 17.1 Å². The number of hydrogen-bond acceptors (Lipinski definition) is 2. The molecule has 0 atom stereocenters. The first kappa shape index (κ1) is 15.8. The summed E-state index contributed by atoms with van der Waals surface area (Å²) >= 11 is 0. The summed E-state index contributed by atoms with van der Waals surface area (Å²) in [6.07, 6.45) is 12.6. The number of nitrogens with zero attached hydrogens (tertiary/aromatic N) is 2. The number of imidazole rings is 1. The van der Waals surface area contributed by atoms with E-state index in [0.717, 1.165) is 12.1 Å². The highest BCUT2D eigenvalue weighted by Gasteiger charge is 2.16. The standard InChI is InChI=1S/C19H25N3O/c23-19(12-16-4-2-1-3-5-16)21-13-17-6-8-18(9-7-17)14-22-11-10-20-15-22/h6-11,15-16H,1-5,12-14H2,(H,21,23). The Labute approximate surface area is 137 Å². The van der Waals surface area contributed by atoms with Gasteiger partial charge in [-0.15, -0.1) is 0 Å². The summed E-state index contributed by atoms with van der Waals surface area (Å²) in [6, 6.07) is 8.41. The molecule has 122 valence electrons. The second-order valence-corrected chi connectivity index (χ2v) is 6.54. The predicted octanol–water partition coefficient (Wildman–Crippen LogP) is 3.52. The van der Waals surface area contributed by atoms with E-state index in [1.54, 1.807) is 6.20 Å². The highest BCUT2D eigenvalue weighted by atomic mass is 16.1. The van der Waals surface area contributed by atoms with Crippen LogP contribution in [0.3, 0.4) is 0 Å². The van der Waals surface area contributed by atoms with Crippen molar-refractivity contribution in [1.82, 2.24) is 14.9 Å². The number of carbonyl (C=O) groups is 1. The second kappa shape index (κ2) is 7.95. The van der Waals surface area contributed by atoms with Crippen LogP contribution in [0.15, 0.2) is 43.0 Å². The Hall–Kier alpha value is -2.10. The largest absolute Gasteiger partial charge is 0.352 e. The third-order valence-corrected chi connectivity index (χ3v) is 4.64. The van der Waals surface area contributed by atoms with E-state index in [0.29, 0.717) is 18.9 Å². The molecule has 4 heteroatoms.